The fourth-order valence-electron chi connectivity index (χ4n) is 4.42. The first kappa shape index (κ1) is 25.3. The Morgan fingerprint density at radius 2 is 1.86 bits per heavy atom. The van der Waals surface area contributed by atoms with E-state index in [4.69, 9.17) is 13.9 Å². The van der Waals surface area contributed by atoms with Gasteiger partial charge in [-0.25, -0.2) is 0 Å². The number of hydrogen-bond acceptors (Lipinski definition) is 6. The Bertz CT molecular complexity index is 1290. The highest BCUT2D eigenvalue weighted by Crippen LogP contribution is 2.41. The Kier molecular flexibility index (Phi) is 7.82. The van der Waals surface area contributed by atoms with Crippen LogP contribution in [-0.4, -0.2) is 56.1 Å². The Morgan fingerprint density at radius 1 is 1.06 bits per heavy atom. The van der Waals surface area contributed by atoms with Crippen molar-refractivity contribution in [3.63, 3.8) is 0 Å². The molecule has 0 radical (unpaired) electrons. The van der Waals surface area contributed by atoms with Crippen molar-refractivity contribution in [3.8, 4) is 11.5 Å². The number of amides is 1. The van der Waals surface area contributed by atoms with E-state index in [0.29, 0.717) is 47.8 Å². The molecule has 0 bridgehead atoms. The predicted octanol–water partition coefficient (Wildman–Crippen LogP) is 5.24. The Hall–Kier alpha value is -2.84. The number of halogens is 1. The summed E-state index contributed by atoms with van der Waals surface area (Å²) in [6.45, 7) is 6.31. The largest absolute Gasteiger partial charge is 0.490 e. The van der Waals surface area contributed by atoms with Crippen molar-refractivity contribution in [3.05, 3.63) is 68.0 Å². The number of benzene rings is 2. The fraction of sp³-hybridized carbons (Fsp3) is 0.407. The van der Waals surface area contributed by atoms with Crippen LogP contribution in [0.2, 0.25) is 0 Å². The number of ether oxygens (including phenoxy) is 2. The van der Waals surface area contributed by atoms with E-state index in [1.807, 2.05) is 46.1 Å². The molecule has 0 spiro atoms. The number of carbonyl (C=O) groups is 1. The van der Waals surface area contributed by atoms with Gasteiger partial charge in [-0.15, -0.1) is 0 Å². The van der Waals surface area contributed by atoms with E-state index >= 15 is 0 Å². The molecule has 0 N–H and O–H groups in total. The van der Waals surface area contributed by atoms with E-state index < -0.39 is 6.04 Å². The molecule has 2 heterocycles. The zero-order valence-electron chi connectivity index (χ0n) is 20.6. The van der Waals surface area contributed by atoms with Crippen LogP contribution < -0.4 is 14.9 Å². The molecule has 4 rings (SSSR count). The standard InChI is InChI=1S/C27H31BrN2O5/c1-5-14-34-21-10-8-17(15-22(21)33-6-2)24-23-25(31)19-16-18(28)9-11-20(19)35-26(23)27(32)30(24)13-7-12-29(3)4/h8-11,15-16,24H,5-7,12-14H2,1-4H3. The lowest BCUT2D eigenvalue weighted by Crippen LogP contribution is -2.32. The van der Waals surface area contributed by atoms with E-state index in [2.05, 4.69) is 20.8 Å². The first-order valence-corrected chi connectivity index (χ1v) is 12.8. The number of fused-ring (bicyclic) bond motifs is 2. The van der Waals surface area contributed by atoms with E-state index in [0.717, 1.165) is 29.4 Å². The van der Waals surface area contributed by atoms with Crippen molar-refractivity contribution in [1.29, 1.82) is 0 Å². The highest BCUT2D eigenvalue weighted by atomic mass is 79.9. The molecule has 7 nitrogen and oxygen atoms in total. The van der Waals surface area contributed by atoms with Crippen LogP contribution in [0.3, 0.4) is 0 Å². The van der Waals surface area contributed by atoms with E-state index in [9.17, 15) is 9.59 Å². The van der Waals surface area contributed by atoms with Crippen LogP contribution >= 0.6 is 15.9 Å². The van der Waals surface area contributed by atoms with Gasteiger partial charge in [0.25, 0.3) is 5.91 Å². The molecule has 35 heavy (non-hydrogen) atoms. The highest BCUT2D eigenvalue weighted by Gasteiger charge is 2.42. The molecule has 0 fully saturated rings. The van der Waals surface area contributed by atoms with Crippen molar-refractivity contribution in [2.45, 2.75) is 32.7 Å². The molecule has 1 atom stereocenters. The molecular formula is C27H31BrN2O5. The molecule has 0 saturated heterocycles. The van der Waals surface area contributed by atoms with Crippen LogP contribution in [0.1, 0.15) is 54.4 Å². The van der Waals surface area contributed by atoms with E-state index in [1.54, 1.807) is 23.1 Å². The number of rotatable bonds is 10. The minimum absolute atomic E-state index is 0.115. The van der Waals surface area contributed by atoms with Crippen molar-refractivity contribution < 1.29 is 18.7 Å². The van der Waals surface area contributed by atoms with E-state index in [-0.39, 0.29) is 17.1 Å². The SMILES string of the molecule is CCCOc1ccc(C2c3c(oc4ccc(Br)cc4c3=O)C(=O)N2CCCN(C)C)cc1OCC. The van der Waals surface area contributed by atoms with Gasteiger partial charge in [0.05, 0.1) is 30.2 Å². The summed E-state index contributed by atoms with van der Waals surface area (Å²) in [4.78, 5) is 31.1. The molecule has 1 unspecified atom stereocenters. The summed E-state index contributed by atoms with van der Waals surface area (Å²) in [6.07, 6.45) is 1.64. The lowest BCUT2D eigenvalue weighted by Gasteiger charge is -2.26. The fourth-order valence-corrected chi connectivity index (χ4v) is 4.78. The second kappa shape index (κ2) is 10.8. The maximum Gasteiger partial charge on any atom is 0.290 e. The predicted molar refractivity (Wildman–Crippen MR) is 140 cm³/mol. The summed E-state index contributed by atoms with van der Waals surface area (Å²) in [5, 5.41) is 0.444. The molecule has 1 aliphatic heterocycles. The van der Waals surface area contributed by atoms with Crippen LogP contribution in [0, 0.1) is 0 Å². The summed E-state index contributed by atoms with van der Waals surface area (Å²) in [5.74, 6) is 1.09. The van der Waals surface area contributed by atoms with Gasteiger partial charge in [0.1, 0.15) is 5.58 Å². The van der Waals surface area contributed by atoms with Crippen molar-refractivity contribution >= 4 is 32.8 Å². The summed E-state index contributed by atoms with van der Waals surface area (Å²) < 4.78 is 18.5. The molecule has 1 aromatic heterocycles. The quantitative estimate of drug-likeness (QED) is 0.349. The molecule has 1 aliphatic rings. The highest BCUT2D eigenvalue weighted by molar-refractivity contribution is 9.10. The number of carbonyl (C=O) groups excluding carboxylic acids is 1. The smallest absolute Gasteiger partial charge is 0.290 e. The molecule has 1 amide bonds. The minimum atomic E-state index is -0.571. The lowest BCUT2D eigenvalue weighted by atomic mass is 9.98. The van der Waals surface area contributed by atoms with Gasteiger partial charge >= 0.3 is 0 Å². The topological polar surface area (TPSA) is 72.2 Å². The Labute approximate surface area is 213 Å². The first-order chi connectivity index (χ1) is 16.8. The van der Waals surface area contributed by atoms with Crippen molar-refractivity contribution in [2.75, 3.05) is 40.4 Å². The maximum atomic E-state index is 13.7. The third kappa shape index (κ3) is 5.09. The summed E-state index contributed by atoms with van der Waals surface area (Å²) in [6, 6.07) is 10.3. The first-order valence-electron chi connectivity index (χ1n) is 12.0. The molecular weight excluding hydrogens is 512 g/mol. The summed E-state index contributed by atoms with van der Waals surface area (Å²) >= 11 is 3.44. The van der Waals surface area contributed by atoms with Gasteiger partial charge in [0.15, 0.2) is 16.9 Å². The number of hydrogen-bond donors (Lipinski definition) is 0. The van der Waals surface area contributed by atoms with E-state index in [1.165, 1.54) is 0 Å². The summed E-state index contributed by atoms with van der Waals surface area (Å²) in [7, 11) is 3.99. The molecule has 8 heteroatoms. The minimum Gasteiger partial charge on any atom is -0.490 e. The van der Waals surface area contributed by atoms with Crippen molar-refractivity contribution in [2.24, 2.45) is 0 Å². The van der Waals surface area contributed by atoms with Crippen LogP contribution in [-0.2, 0) is 0 Å². The van der Waals surface area contributed by atoms with Gasteiger partial charge in [0.2, 0.25) is 5.76 Å². The molecule has 2 aromatic carbocycles. The Balaban J connectivity index is 1.86. The average Bonchev–Trinajstić information content (AvgIpc) is 3.10. The van der Waals surface area contributed by atoms with Crippen LogP contribution in [0.15, 0.2) is 50.1 Å². The van der Waals surface area contributed by atoms with Crippen LogP contribution in [0.4, 0.5) is 0 Å². The van der Waals surface area contributed by atoms with Gasteiger partial charge in [-0.3, -0.25) is 9.59 Å². The normalized spacial score (nSPS) is 15.2. The average molecular weight is 543 g/mol. The molecule has 186 valence electrons. The van der Waals surface area contributed by atoms with Crippen LogP contribution in [0.25, 0.3) is 11.0 Å². The van der Waals surface area contributed by atoms with Gasteiger partial charge < -0.3 is 23.7 Å². The monoisotopic (exact) mass is 542 g/mol. The maximum absolute atomic E-state index is 13.7. The zero-order valence-corrected chi connectivity index (χ0v) is 22.2. The second-order valence-electron chi connectivity index (χ2n) is 8.86. The zero-order chi connectivity index (χ0) is 25.1. The summed E-state index contributed by atoms with van der Waals surface area (Å²) in [5.41, 5.74) is 1.36. The van der Waals surface area contributed by atoms with Gasteiger partial charge in [-0.05, 0) is 76.3 Å². The molecule has 0 saturated carbocycles. The molecule has 0 aliphatic carbocycles. The van der Waals surface area contributed by atoms with Crippen LogP contribution in [0.5, 0.6) is 11.5 Å². The Morgan fingerprint density at radius 3 is 2.57 bits per heavy atom. The van der Waals surface area contributed by atoms with Gasteiger partial charge in [-0.2, -0.15) is 0 Å². The third-order valence-electron chi connectivity index (χ3n) is 5.98. The third-order valence-corrected chi connectivity index (χ3v) is 6.47. The lowest BCUT2D eigenvalue weighted by molar-refractivity contribution is 0.0722. The number of nitrogens with zero attached hydrogens (tertiary/aromatic N) is 2. The van der Waals surface area contributed by atoms with Crippen molar-refractivity contribution in [1.82, 2.24) is 9.80 Å². The van der Waals surface area contributed by atoms with Gasteiger partial charge in [0, 0.05) is 11.0 Å². The molecule has 3 aromatic rings. The van der Waals surface area contributed by atoms with Gasteiger partial charge in [-0.1, -0.05) is 28.9 Å². The second-order valence-corrected chi connectivity index (χ2v) is 9.78.